The number of pyridine rings is 1. The molecule has 2 aromatic heterocycles. The molecule has 5 aliphatic heterocycles. The molecule has 0 radical (unpaired) electrons. The molecule has 11 rings (SSSR count). The lowest BCUT2D eigenvalue weighted by atomic mass is 9.65. The number of fused-ring (bicyclic) bond motifs is 4. The number of piperidine rings is 1. The second-order valence-electron chi connectivity index (χ2n) is 21.7. The Balaban J connectivity index is 0.683. The minimum absolute atomic E-state index is 0.00311. The third-order valence-electron chi connectivity index (χ3n) is 16.7. The summed E-state index contributed by atoms with van der Waals surface area (Å²) >= 11 is 0. The summed E-state index contributed by atoms with van der Waals surface area (Å²) in [5, 5.41) is 17.9. The largest absolute Gasteiger partial charge is 0.508 e. The van der Waals surface area contributed by atoms with Crippen LogP contribution in [-0.2, 0) is 4.79 Å². The lowest BCUT2D eigenvalue weighted by Gasteiger charge is -2.47. The smallest absolute Gasteiger partial charge is 0.328 e. The van der Waals surface area contributed by atoms with Crippen molar-refractivity contribution < 1.29 is 33.0 Å². The Morgan fingerprint density at radius 2 is 1.67 bits per heavy atom. The maximum atomic E-state index is 17.1. The normalized spacial score (nSPS) is 22.3. The van der Waals surface area contributed by atoms with Gasteiger partial charge in [-0.1, -0.05) is 25.0 Å². The molecule has 1 saturated carbocycles. The van der Waals surface area contributed by atoms with Gasteiger partial charge in [0, 0.05) is 125 Å². The van der Waals surface area contributed by atoms with Crippen LogP contribution in [-0.4, -0.2) is 143 Å². The zero-order chi connectivity index (χ0) is 50.5. The van der Waals surface area contributed by atoms with Gasteiger partial charge in [0.25, 0.3) is 5.91 Å². The fraction of sp³-hybridized carbons (Fsp3) is 0.500. The van der Waals surface area contributed by atoms with Gasteiger partial charge < -0.3 is 34.8 Å². The van der Waals surface area contributed by atoms with E-state index in [1.54, 1.807) is 17.2 Å². The van der Waals surface area contributed by atoms with Gasteiger partial charge in [0.05, 0.1) is 17.6 Å². The molecule has 3 N–H and O–H groups in total. The molecule has 1 aliphatic carbocycles. The molecule has 1 spiro atoms. The lowest BCUT2D eigenvalue weighted by Crippen LogP contribution is -2.51. The van der Waals surface area contributed by atoms with Crippen molar-refractivity contribution in [2.45, 2.75) is 83.7 Å². The molecule has 73 heavy (non-hydrogen) atoms. The van der Waals surface area contributed by atoms with Crippen LogP contribution in [0.2, 0.25) is 0 Å². The molecule has 2 bridgehead atoms. The summed E-state index contributed by atoms with van der Waals surface area (Å²) < 4.78 is 38.5. The number of likely N-dealkylation sites (tertiary alicyclic amines) is 1. The van der Waals surface area contributed by atoms with E-state index >= 15 is 8.78 Å². The van der Waals surface area contributed by atoms with E-state index in [1.807, 2.05) is 24.0 Å². The fourth-order valence-corrected chi connectivity index (χ4v) is 12.6. The zero-order valence-electron chi connectivity index (χ0n) is 41.8. The number of amides is 4. The first-order valence-corrected chi connectivity index (χ1v) is 26.2. The van der Waals surface area contributed by atoms with Crippen molar-refractivity contribution in [3.05, 3.63) is 77.0 Å². The zero-order valence-corrected chi connectivity index (χ0v) is 41.8. The van der Waals surface area contributed by atoms with Gasteiger partial charge in [0.15, 0.2) is 5.82 Å². The van der Waals surface area contributed by atoms with E-state index in [9.17, 15) is 19.5 Å². The number of hydrogen-bond donors (Lipinski definition) is 3. The molecule has 382 valence electrons. The highest BCUT2D eigenvalue weighted by Crippen LogP contribution is 2.47. The van der Waals surface area contributed by atoms with E-state index in [-0.39, 0.29) is 69.1 Å². The van der Waals surface area contributed by atoms with E-state index in [0.29, 0.717) is 72.1 Å². The van der Waals surface area contributed by atoms with Crippen molar-refractivity contribution in [2.24, 2.45) is 17.3 Å². The minimum atomic E-state index is -0.737. The van der Waals surface area contributed by atoms with Crippen LogP contribution in [0.3, 0.4) is 0 Å². The number of urea groups is 1. The van der Waals surface area contributed by atoms with Crippen LogP contribution < -0.4 is 25.2 Å². The highest BCUT2D eigenvalue weighted by molar-refractivity contribution is 6.07. The van der Waals surface area contributed by atoms with Gasteiger partial charge >= 0.3 is 12.0 Å². The Bertz CT molecular complexity index is 3000. The number of nitrogens with one attached hydrogen (secondary N) is 2. The van der Waals surface area contributed by atoms with Crippen LogP contribution >= 0.6 is 0 Å². The van der Waals surface area contributed by atoms with E-state index in [2.05, 4.69) is 48.1 Å². The highest BCUT2D eigenvalue weighted by atomic mass is 19.1. The second kappa shape index (κ2) is 20.1. The third-order valence-corrected chi connectivity index (χ3v) is 16.7. The number of nitrogens with zero attached hydrogens (tertiary/aromatic N) is 8. The SMILES string of the molecule is C#Cc1c(F)ccc2cc(O)cc(-c3ncc4c(N5CC6CCC(C5)N6)nc(OCC(C)CN5CCN(CC6CCC7(CC6)CCN(C(=O)c6ccc(C)c(N8CCC(=O)NC8=O)c6)CC7)CC5)nc4c3F)c12. The number of anilines is 2. The first-order valence-electron chi connectivity index (χ1n) is 26.2. The highest BCUT2D eigenvalue weighted by Gasteiger charge is 2.40. The fourth-order valence-electron chi connectivity index (χ4n) is 12.6. The van der Waals surface area contributed by atoms with Gasteiger partial charge in [-0.05, 0) is 111 Å². The molecule has 6 aliphatic rings. The van der Waals surface area contributed by atoms with Gasteiger partial charge in [0.1, 0.15) is 28.6 Å². The van der Waals surface area contributed by atoms with Gasteiger partial charge in [0.2, 0.25) is 5.91 Å². The van der Waals surface area contributed by atoms with Crippen LogP contribution in [0.5, 0.6) is 11.8 Å². The molecule has 17 heteroatoms. The van der Waals surface area contributed by atoms with Crippen molar-refractivity contribution in [3.63, 3.8) is 0 Å². The standard InChI is InChI=1S/C56H64F2N10O5/c1-4-42-45(57)10-7-37-25-41(69)27-43(48(37)42)50-49(58)51-44(28-59-50)52(67-31-39-8-9-40(32-67)60-39)63-54(62-51)73-33-34(2)29-64-21-23-65(24-22-64)30-36-11-14-56(15-12-36)16-19-66(20-17-56)53(71)38-6-5-35(3)46(26-38)68-18-13-47(70)61-55(68)72/h1,5-7,10,25-28,34,36,39-40,60,69H,8-9,11-24,29-33H2,2-3H3,(H,61,70,72). The monoisotopic (exact) mass is 995 g/mol. The van der Waals surface area contributed by atoms with Crippen molar-refractivity contribution >= 4 is 51.0 Å². The molecule has 5 aromatic rings. The molecule has 6 fully saturated rings. The topological polar surface area (TPSA) is 160 Å². The number of carbonyl (C=O) groups excluding carboxylic acids is 3. The van der Waals surface area contributed by atoms with Gasteiger partial charge in [-0.2, -0.15) is 9.97 Å². The Morgan fingerprint density at radius 3 is 2.40 bits per heavy atom. The number of rotatable bonds is 11. The molecule has 15 nitrogen and oxygen atoms in total. The number of carbonyl (C=O) groups is 3. The molecule has 3 unspecified atom stereocenters. The predicted molar refractivity (Wildman–Crippen MR) is 276 cm³/mol. The second-order valence-corrected chi connectivity index (χ2v) is 21.7. The molecule has 4 amide bonds. The molecular weight excluding hydrogens is 931 g/mol. The van der Waals surface area contributed by atoms with Gasteiger partial charge in [-0.3, -0.25) is 24.8 Å². The first kappa shape index (κ1) is 48.8. The van der Waals surface area contributed by atoms with Crippen molar-refractivity contribution in [1.29, 1.82) is 0 Å². The Kier molecular flexibility index (Phi) is 13.4. The number of benzene rings is 3. The molecule has 3 aromatic carbocycles. The summed E-state index contributed by atoms with van der Waals surface area (Å²) in [7, 11) is 0. The van der Waals surface area contributed by atoms with E-state index < -0.39 is 17.7 Å². The Hall–Kier alpha value is -6.48. The average molecular weight is 995 g/mol. The summed E-state index contributed by atoms with van der Waals surface area (Å²) in [5.74, 6) is 1.99. The molecule has 7 heterocycles. The molecule has 5 saturated heterocycles. The number of piperazine rings is 2. The number of phenols is 1. The summed E-state index contributed by atoms with van der Waals surface area (Å²) in [6, 6.07) is 11.3. The minimum Gasteiger partial charge on any atom is -0.508 e. The number of hydrogen-bond acceptors (Lipinski definition) is 12. The van der Waals surface area contributed by atoms with Crippen LogP contribution in [0.1, 0.15) is 86.2 Å². The van der Waals surface area contributed by atoms with Crippen LogP contribution in [0.25, 0.3) is 32.9 Å². The number of imide groups is 1. The summed E-state index contributed by atoms with van der Waals surface area (Å²) in [6.07, 6.45) is 16.5. The van der Waals surface area contributed by atoms with Gasteiger partial charge in [-0.15, -0.1) is 6.42 Å². The third kappa shape index (κ3) is 9.89. The maximum absolute atomic E-state index is 17.1. The lowest BCUT2D eigenvalue weighted by molar-refractivity contribution is -0.120. The number of halogens is 2. The van der Waals surface area contributed by atoms with Crippen molar-refractivity contribution in [1.82, 2.24) is 40.3 Å². The Labute approximate surface area is 424 Å². The van der Waals surface area contributed by atoms with E-state index in [4.69, 9.17) is 16.1 Å². The maximum Gasteiger partial charge on any atom is 0.328 e. The number of aromatic nitrogens is 3. The van der Waals surface area contributed by atoms with E-state index in [1.165, 1.54) is 49.9 Å². The quantitative estimate of drug-likeness (QED) is 0.114. The van der Waals surface area contributed by atoms with Crippen LogP contribution in [0, 0.1) is 48.2 Å². The number of aromatic hydroxyl groups is 1. The van der Waals surface area contributed by atoms with E-state index in [0.717, 1.165) is 83.6 Å². The van der Waals surface area contributed by atoms with Crippen molar-refractivity contribution in [2.75, 3.05) is 88.4 Å². The van der Waals surface area contributed by atoms with Crippen LogP contribution in [0.4, 0.5) is 25.1 Å². The Morgan fingerprint density at radius 1 is 0.932 bits per heavy atom. The molecular formula is C56H64F2N10O5. The number of phenolic OH excluding ortho intramolecular Hbond substituents is 1. The van der Waals surface area contributed by atoms with Crippen molar-refractivity contribution in [3.8, 4) is 35.4 Å². The van der Waals surface area contributed by atoms with Crippen LogP contribution in [0.15, 0.2) is 48.7 Å². The van der Waals surface area contributed by atoms with Gasteiger partial charge in [-0.25, -0.2) is 13.6 Å². The number of aryl methyl sites for hydroxylation is 1. The molecule has 3 atom stereocenters. The summed E-state index contributed by atoms with van der Waals surface area (Å²) in [6.45, 7) is 13.5. The summed E-state index contributed by atoms with van der Waals surface area (Å²) in [5.41, 5.74) is 2.46. The average Bonchev–Trinajstić information content (AvgIpc) is 3.73. The summed E-state index contributed by atoms with van der Waals surface area (Å²) in [4.78, 5) is 63.0. The number of ether oxygens (including phenoxy) is 1. The first-order chi connectivity index (χ1) is 35.3. The number of terminal acetylenes is 1. The predicted octanol–water partition coefficient (Wildman–Crippen LogP) is 7.25.